The zero-order valence-electron chi connectivity index (χ0n) is 13.6. The normalized spacial score (nSPS) is 15.1. The summed E-state index contributed by atoms with van der Waals surface area (Å²) in [5, 5.41) is 9.24. The van der Waals surface area contributed by atoms with E-state index in [0.717, 1.165) is 30.9 Å². The van der Waals surface area contributed by atoms with Crippen molar-refractivity contribution in [1.29, 1.82) is 0 Å². The Balaban J connectivity index is 1.56. The Morgan fingerprint density at radius 1 is 1.25 bits per heavy atom. The van der Waals surface area contributed by atoms with Crippen molar-refractivity contribution >= 4 is 29.1 Å². The lowest BCUT2D eigenvalue weighted by Crippen LogP contribution is -2.34. The van der Waals surface area contributed by atoms with Gasteiger partial charge in [0, 0.05) is 18.5 Å². The van der Waals surface area contributed by atoms with Crippen LogP contribution in [0.5, 0.6) is 0 Å². The third-order valence-corrected chi connectivity index (χ3v) is 4.64. The van der Waals surface area contributed by atoms with Crippen LogP contribution in [0.15, 0.2) is 11.7 Å². The predicted octanol–water partition coefficient (Wildman–Crippen LogP) is 1.70. The van der Waals surface area contributed by atoms with Crippen LogP contribution in [0.1, 0.15) is 41.2 Å². The number of carbonyl (C=O) groups is 2. The summed E-state index contributed by atoms with van der Waals surface area (Å²) < 4.78 is 1.45. The Morgan fingerprint density at radius 3 is 2.67 bits per heavy atom. The number of anilines is 1. The van der Waals surface area contributed by atoms with Crippen molar-refractivity contribution in [3.05, 3.63) is 22.4 Å². The van der Waals surface area contributed by atoms with Gasteiger partial charge in [-0.2, -0.15) is 0 Å². The summed E-state index contributed by atoms with van der Waals surface area (Å²) in [7, 11) is 0. The highest BCUT2D eigenvalue weighted by molar-refractivity contribution is 7.09. The minimum absolute atomic E-state index is 0.0369. The average molecular weight is 348 g/mol. The van der Waals surface area contributed by atoms with Crippen molar-refractivity contribution in [3.63, 3.8) is 0 Å². The van der Waals surface area contributed by atoms with E-state index < -0.39 is 0 Å². The van der Waals surface area contributed by atoms with Crippen molar-refractivity contribution in [2.45, 2.75) is 39.2 Å². The van der Waals surface area contributed by atoms with Crippen LogP contribution in [0.3, 0.4) is 0 Å². The fourth-order valence-electron chi connectivity index (χ4n) is 2.62. The number of carbonyl (C=O) groups excluding carboxylic acids is 2. The SMILES string of the molecule is Cc1nc(C(=O)Nc2ncn(CC(=O)N3CCCCCC3)n2)cs1. The maximum Gasteiger partial charge on any atom is 0.277 e. The molecule has 0 saturated carbocycles. The summed E-state index contributed by atoms with van der Waals surface area (Å²) in [6.07, 6.45) is 5.92. The van der Waals surface area contributed by atoms with Gasteiger partial charge in [0.05, 0.1) is 5.01 Å². The molecule has 0 radical (unpaired) electrons. The first-order valence-corrected chi connectivity index (χ1v) is 8.90. The molecule has 24 heavy (non-hydrogen) atoms. The fourth-order valence-corrected chi connectivity index (χ4v) is 3.21. The molecule has 1 saturated heterocycles. The minimum atomic E-state index is -0.351. The summed E-state index contributed by atoms with van der Waals surface area (Å²) in [5.41, 5.74) is 0.342. The van der Waals surface area contributed by atoms with Crippen LogP contribution in [0.4, 0.5) is 5.95 Å². The van der Waals surface area contributed by atoms with E-state index in [9.17, 15) is 9.59 Å². The Labute approximate surface area is 143 Å². The number of hydrogen-bond acceptors (Lipinski definition) is 6. The van der Waals surface area contributed by atoms with Gasteiger partial charge in [-0.25, -0.2) is 14.6 Å². The second kappa shape index (κ2) is 7.52. The lowest BCUT2D eigenvalue weighted by molar-refractivity contribution is -0.132. The smallest absolute Gasteiger partial charge is 0.277 e. The first-order chi connectivity index (χ1) is 11.6. The molecule has 1 aliphatic rings. The van der Waals surface area contributed by atoms with E-state index in [1.54, 1.807) is 5.38 Å². The predicted molar refractivity (Wildman–Crippen MR) is 89.9 cm³/mol. The van der Waals surface area contributed by atoms with Gasteiger partial charge in [-0.15, -0.1) is 16.4 Å². The number of aryl methyl sites for hydroxylation is 1. The summed E-state index contributed by atoms with van der Waals surface area (Å²) in [4.78, 5) is 34.4. The number of nitrogens with one attached hydrogen (secondary N) is 1. The molecule has 1 N–H and O–H groups in total. The first-order valence-electron chi connectivity index (χ1n) is 8.02. The Bertz CT molecular complexity index is 717. The number of amides is 2. The standard InChI is InChI=1S/C15H20N6O2S/c1-11-17-12(9-24-11)14(23)18-15-16-10-21(19-15)8-13(22)20-6-4-2-3-5-7-20/h9-10H,2-8H2,1H3,(H,18,19,23). The number of likely N-dealkylation sites (tertiary alicyclic amines) is 1. The molecule has 128 valence electrons. The third-order valence-electron chi connectivity index (χ3n) is 3.87. The number of thiazole rings is 1. The van der Waals surface area contributed by atoms with E-state index in [2.05, 4.69) is 20.4 Å². The highest BCUT2D eigenvalue weighted by atomic mass is 32.1. The third kappa shape index (κ3) is 4.16. The van der Waals surface area contributed by atoms with E-state index in [0.29, 0.717) is 5.69 Å². The van der Waals surface area contributed by atoms with E-state index in [1.165, 1.54) is 35.2 Å². The van der Waals surface area contributed by atoms with E-state index in [-0.39, 0.29) is 24.3 Å². The maximum atomic E-state index is 12.3. The van der Waals surface area contributed by atoms with Crippen LogP contribution in [0.2, 0.25) is 0 Å². The summed E-state index contributed by atoms with van der Waals surface area (Å²) in [6, 6.07) is 0. The van der Waals surface area contributed by atoms with E-state index in [1.807, 2.05) is 11.8 Å². The Hall–Kier alpha value is -2.29. The number of rotatable bonds is 4. The molecule has 0 bridgehead atoms. The molecule has 3 heterocycles. The molecule has 0 aromatic carbocycles. The van der Waals surface area contributed by atoms with Gasteiger partial charge in [0.25, 0.3) is 5.91 Å². The van der Waals surface area contributed by atoms with Crippen LogP contribution in [0, 0.1) is 6.92 Å². The molecule has 0 aliphatic carbocycles. The largest absolute Gasteiger partial charge is 0.341 e. The molecule has 0 spiro atoms. The van der Waals surface area contributed by atoms with Gasteiger partial charge in [-0.3, -0.25) is 14.9 Å². The second-order valence-corrected chi connectivity index (χ2v) is 6.83. The molecule has 8 nitrogen and oxygen atoms in total. The van der Waals surface area contributed by atoms with Crippen LogP contribution >= 0.6 is 11.3 Å². The molecule has 0 atom stereocenters. The van der Waals surface area contributed by atoms with Gasteiger partial charge in [0.1, 0.15) is 18.6 Å². The fraction of sp³-hybridized carbons (Fsp3) is 0.533. The number of hydrogen-bond donors (Lipinski definition) is 1. The van der Waals surface area contributed by atoms with Crippen molar-refractivity contribution in [3.8, 4) is 0 Å². The Morgan fingerprint density at radius 2 is 2.00 bits per heavy atom. The quantitative estimate of drug-likeness (QED) is 0.908. The van der Waals surface area contributed by atoms with Crippen LogP contribution in [-0.2, 0) is 11.3 Å². The Kier molecular flexibility index (Phi) is 5.19. The van der Waals surface area contributed by atoms with Gasteiger partial charge < -0.3 is 4.90 Å². The lowest BCUT2D eigenvalue weighted by atomic mass is 10.2. The highest BCUT2D eigenvalue weighted by Gasteiger charge is 2.17. The number of aromatic nitrogens is 4. The summed E-state index contributed by atoms with van der Waals surface area (Å²) in [5.74, 6) is -0.139. The molecule has 2 aromatic rings. The van der Waals surface area contributed by atoms with Gasteiger partial charge in [0.2, 0.25) is 11.9 Å². The second-order valence-electron chi connectivity index (χ2n) is 5.77. The zero-order chi connectivity index (χ0) is 16.9. The maximum absolute atomic E-state index is 12.3. The van der Waals surface area contributed by atoms with Gasteiger partial charge >= 0.3 is 0 Å². The summed E-state index contributed by atoms with van der Waals surface area (Å²) >= 11 is 1.41. The molecule has 2 aromatic heterocycles. The van der Waals surface area contributed by atoms with Crippen LogP contribution < -0.4 is 5.32 Å². The minimum Gasteiger partial charge on any atom is -0.341 e. The van der Waals surface area contributed by atoms with Gasteiger partial charge in [-0.1, -0.05) is 12.8 Å². The average Bonchev–Trinajstić information content (AvgIpc) is 3.08. The monoisotopic (exact) mass is 348 g/mol. The van der Waals surface area contributed by atoms with E-state index >= 15 is 0 Å². The topological polar surface area (TPSA) is 93.0 Å². The molecule has 3 rings (SSSR count). The molecule has 1 aliphatic heterocycles. The van der Waals surface area contributed by atoms with Crippen molar-refractivity contribution < 1.29 is 9.59 Å². The van der Waals surface area contributed by atoms with Crippen molar-refractivity contribution in [2.75, 3.05) is 18.4 Å². The van der Waals surface area contributed by atoms with E-state index in [4.69, 9.17) is 0 Å². The molecule has 2 amide bonds. The molecule has 0 unspecified atom stereocenters. The molecule has 9 heteroatoms. The van der Waals surface area contributed by atoms with Gasteiger partial charge in [0.15, 0.2) is 0 Å². The van der Waals surface area contributed by atoms with Crippen LogP contribution in [-0.4, -0.2) is 49.6 Å². The highest BCUT2D eigenvalue weighted by Crippen LogP contribution is 2.11. The molecular weight excluding hydrogens is 328 g/mol. The van der Waals surface area contributed by atoms with Crippen LogP contribution in [0.25, 0.3) is 0 Å². The molecule has 1 fully saturated rings. The first kappa shape index (κ1) is 16.6. The summed E-state index contributed by atoms with van der Waals surface area (Å²) in [6.45, 7) is 3.59. The van der Waals surface area contributed by atoms with Crippen molar-refractivity contribution in [2.24, 2.45) is 0 Å². The zero-order valence-corrected chi connectivity index (χ0v) is 14.4. The van der Waals surface area contributed by atoms with Crippen molar-refractivity contribution in [1.82, 2.24) is 24.6 Å². The molecular formula is C15H20N6O2S. The number of nitrogens with zero attached hydrogens (tertiary/aromatic N) is 5. The van der Waals surface area contributed by atoms with Gasteiger partial charge in [-0.05, 0) is 19.8 Å². The lowest BCUT2D eigenvalue weighted by Gasteiger charge is -2.19.